The van der Waals surface area contributed by atoms with E-state index in [1.807, 2.05) is 0 Å². The van der Waals surface area contributed by atoms with Crippen molar-refractivity contribution in [1.82, 2.24) is 0 Å². The lowest BCUT2D eigenvalue weighted by Gasteiger charge is -2.12. The molecular weight excluding hydrogens is 144 g/mol. The predicted molar refractivity (Wildman–Crippen MR) is 57.2 cm³/mol. The number of allylic oxidation sites excluding steroid dienone is 2. The van der Waals surface area contributed by atoms with Gasteiger partial charge in [0, 0.05) is 0 Å². The molecule has 0 fully saturated rings. The molecule has 0 unspecified atom stereocenters. The van der Waals surface area contributed by atoms with Gasteiger partial charge in [-0.1, -0.05) is 52.0 Å². The van der Waals surface area contributed by atoms with Gasteiger partial charge in [-0.3, -0.25) is 0 Å². The monoisotopic (exact) mass is 166 g/mol. The highest BCUT2D eigenvalue weighted by Gasteiger charge is 2.03. The lowest BCUT2D eigenvalue weighted by atomic mass is 9.94. The summed E-state index contributed by atoms with van der Waals surface area (Å²) in [6.45, 7) is 16.9. The highest BCUT2D eigenvalue weighted by molar-refractivity contribution is 5.05. The lowest BCUT2D eigenvalue weighted by Crippen LogP contribution is -1.96. The van der Waals surface area contributed by atoms with Crippen molar-refractivity contribution in [3.05, 3.63) is 24.3 Å². The molecule has 0 nitrogen and oxygen atoms in total. The van der Waals surface area contributed by atoms with Crippen molar-refractivity contribution in [2.45, 2.75) is 40.5 Å². The Balaban J connectivity index is 3.69. The molecule has 70 valence electrons. The Morgan fingerprint density at radius 1 is 0.833 bits per heavy atom. The molecule has 0 N–H and O–H groups in total. The second-order valence-electron chi connectivity index (χ2n) is 4.13. The van der Waals surface area contributed by atoms with Gasteiger partial charge in [-0.25, -0.2) is 0 Å². The Morgan fingerprint density at radius 2 is 1.08 bits per heavy atom. The van der Waals surface area contributed by atoms with Crippen LogP contribution < -0.4 is 0 Å². The summed E-state index contributed by atoms with van der Waals surface area (Å²) >= 11 is 0. The van der Waals surface area contributed by atoms with Crippen LogP contribution in [0.25, 0.3) is 0 Å². The molecule has 0 radical (unpaired) electrons. The van der Waals surface area contributed by atoms with E-state index in [1.54, 1.807) is 0 Å². The van der Waals surface area contributed by atoms with Crippen molar-refractivity contribution in [2.75, 3.05) is 0 Å². The van der Waals surface area contributed by atoms with Crippen LogP contribution in [0.5, 0.6) is 0 Å². The molecule has 0 amide bonds. The van der Waals surface area contributed by atoms with Crippen molar-refractivity contribution in [3.63, 3.8) is 0 Å². The van der Waals surface area contributed by atoms with Crippen LogP contribution in [0.4, 0.5) is 0 Å². The molecule has 0 aliphatic heterocycles. The fourth-order valence-corrected chi connectivity index (χ4v) is 0.898. The summed E-state index contributed by atoms with van der Waals surface area (Å²) in [6, 6.07) is 0. The third-order valence-electron chi connectivity index (χ3n) is 2.40. The van der Waals surface area contributed by atoms with E-state index < -0.39 is 0 Å². The van der Waals surface area contributed by atoms with Gasteiger partial charge in [0.05, 0.1) is 0 Å². The van der Waals surface area contributed by atoms with Crippen LogP contribution in [0.3, 0.4) is 0 Å². The summed E-state index contributed by atoms with van der Waals surface area (Å²) in [7, 11) is 0. The largest absolute Gasteiger partial charge is 0.0996 e. The molecule has 12 heavy (non-hydrogen) atoms. The fourth-order valence-electron chi connectivity index (χ4n) is 0.898. The summed E-state index contributed by atoms with van der Waals surface area (Å²) in [6.07, 6.45) is 2.21. The van der Waals surface area contributed by atoms with Gasteiger partial charge in [-0.05, 0) is 24.7 Å². The van der Waals surface area contributed by atoms with Crippen molar-refractivity contribution < 1.29 is 0 Å². The molecule has 0 aromatic rings. The second-order valence-corrected chi connectivity index (χ2v) is 4.13. The zero-order chi connectivity index (χ0) is 9.72. The van der Waals surface area contributed by atoms with Crippen molar-refractivity contribution >= 4 is 0 Å². The molecule has 0 heteroatoms. The molecular formula is C12H22. The molecule has 0 rings (SSSR count). The molecule has 0 aromatic heterocycles. The average Bonchev–Trinajstić information content (AvgIpc) is 1.98. The smallest absolute Gasteiger partial charge is 0.0263 e. The molecule has 0 atom stereocenters. The SMILES string of the molecule is C=C(CCC(=C)C(C)C)C(C)C. The normalized spacial score (nSPS) is 10.8. The molecule has 0 bridgehead atoms. The van der Waals surface area contributed by atoms with Crippen molar-refractivity contribution in [2.24, 2.45) is 11.8 Å². The first-order chi connectivity index (χ1) is 5.45. The van der Waals surface area contributed by atoms with Crippen molar-refractivity contribution in [3.8, 4) is 0 Å². The van der Waals surface area contributed by atoms with Crippen LogP contribution in [0.15, 0.2) is 24.3 Å². The quantitative estimate of drug-likeness (QED) is 0.537. The summed E-state index contributed by atoms with van der Waals surface area (Å²) < 4.78 is 0. The van der Waals surface area contributed by atoms with Gasteiger partial charge in [0.2, 0.25) is 0 Å². The van der Waals surface area contributed by atoms with E-state index in [0.717, 1.165) is 12.8 Å². The number of hydrogen-bond acceptors (Lipinski definition) is 0. The summed E-state index contributed by atoms with van der Waals surface area (Å²) in [5.41, 5.74) is 2.69. The van der Waals surface area contributed by atoms with Gasteiger partial charge in [0.1, 0.15) is 0 Å². The molecule has 0 aliphatic carbocycles. The Morgan fingerprint density at radius 3 is 1.25 bits per heavy atom. The van der Waals surface area contributed by atoms with Crippen LogP contribution in [0.1, 0.15) is 40.5 Å². The third-order valence-corrected chi connectivity index (χ3v) is 2.40. The first-order valence-corrected chi connectivity index (χ1v) is 4.80. The van der Waals surface area contributed by atoms with Gasteiger partial charge in [-0.2, -0.15) is 0 Å². The van der Waals surface area contributed by atoms with Crippen LogP contribution >= 0.6 is 0 Å². The minimum atomic E-state index is 0.616. The Bertz CT molecular complexity index is 141. The maximum atomic E-state index is 4.04. The maximum Gasteiger partial charge on any atom is -0.0263 e. The Hall–Kier alpha value is -0.520. The van der Waals surface area contributed by atoms with Gasteiger partial charge < -0.3 is 0 Å². The second kappa shape index (κ2) is 5.18. The predicted octanol–water partition coefficient (Wildman–Crippen LogP) is 4.19. The molecule has 0 saturated heterocycles. The zero-order valence-corrected chi connectivity index (χ0v) is 8.98. The minimum Gasteiger partial charge on any atom is -0.0996 e. The van der Waals surface area contributed by atoms with Crippen LogP contribution in [0, 0.1) is 11.8 Å². The lowest BCUT2D eigenvalue weighted by molar-refractivity contribution is 0.667. The van der Waals surface area contributed by atoms with E-state index in [-0.39, 0.29) is 0 Å². The molecule has 0 heterocycles. The number of rotatable bonds is 5. The third kappa shape index (κ3) is 4.38. The molecule has 0 aliphatic rings. The standard InChI is InChI=1S/C12H22/c1-9(2)11(5)7-8-12(6)10(3)4/h9-10H,5-8H2,1-4H3. The highest BCUT2D eigenvalue weighted by Crippen LogP contribution is 2.19. The van der Waals surface area contributed by atoms with Crippen LogP contribution in [-0.2, 0) is 0 Å². The van der Waals surface area contributed by atoms with E-state index in [9.17, 15) is 0 Å². The highest BCUT2D eigenvalue weighted by atomic mass is 14.1. The first-order valence-electron chi connectivity index (χ1n) is 4.80. The summed E-state index contributed by atoms with van der Waals surface area (Å²) in [5.74, 6) is 1.23. The minimum absolute atomic E-state index is 0.616. The molecule has 0 spiro atoms. The average molecular weight is 166 g/mol. The fraction of sp³-hybridized carbons (Fsp3) is 0.667. The van der Waals surface area contributed by atoms with E-state index in [0.29, 0.717) is 11.8 Å². The maximum absolute atomic E-state index is 4.04. The zero-order valence-electron chi connectivity index (χ0n) is 8.98. The van der Waals surface area contributed by atoms with E-state index in [4.69, 9.17) is 0 Å². The summed E-state index contributed by atoms with van der Waals surface area (Å²) in [5, 5.41) is 0. The van der Waals surface area contributed by atoms with Gasteiger partial charge in [-0.15, -0.1) is 0 Å². The van der Waals surface area contributed by atoms with Gasteiger partial charge in [0.15, 0.2) is 0 Å². The summed E-state index contributed by atoms with van der Waals surface area (Å²) in [4.78, 5) is 0. The van der Waals surface area contributed by atoms with E-state index in [2.05, 4.69) is 40.9 Å². The van der Waals surface area contributed by atoms with Gasteiger partial charge >= 0.3 is 0 Å². The van der Waals surface area contributed by atoms with Crippen LogP contribution in [-0.4, -0.2) is 0 Å². The topological polar surface area (TPSA) is 0 Å². The molecule has 0 saturated carbocycles. The Kier molecular flexibility index (Phi) is 4.96. The van der Waals surface area contributed by atoms with E-state index >= 15 is 0 Å². The Labute approximate surface area is 77.4 Å². The molecule has 0 aromatic carbocycles. The van der Waals surface area contributed by atoms with Crippen LogP contribution in [0.2, 0.25) is 0 Å². The van der Waals surface area contributed by atoms with Crippen molar-refractivity contribution in [1.29, 1.82) is 0 Å². The van der Waals surface area contributed by atoms with Gasteiger partial charge in [0.25, 0.3) is 0 Å². The first kappa shape index (κ1) is 11.5. The number of hydrogen-bond donors (Lipinski definition) is 0. The van der Waals surface area contributed by atoms with E-state index in [1.165, 1.54) is 11.1 Å².